The Bertz CT molecular complexity index is 451. The number of nitrogens with two attached hydrogens (primary N) is 1. The summed E-state index contributed by atoms with van der Waals surface area (Å²) in [6.45, 7) is 6.57. The molecule has 1 saturated heterocycles. The van der Waals surface area contributed by atoms with Gasteiger partial charge in [0, 0.05) is 39.0 Å². The number of carbonyl (C=O) groups excluding carboxylic acids is 1. The molecule has 0 aliphatic carbocycles. The number of sulfone groups is 1. The highest BCUT2D eigenvalue weighted by molar-refractivity contribution is 7.90. The Balaban J connectivity index is 2.41. The third-order valence-corrected chi connectivity index (χ3v) is 4.39. The Morgan fingerprint density at radius 1 is 1.29 bits per heavy atom. The molecule has 0 aromatic heterocycles. The Morgan fingerprint density at radius 2 is 1.81 bits per heavy atom. The van der Waals surface area contributed by atoms with E-state index < -0.39 is 21.5 Å². The maximum atomic E-state index is 12.1. The second kappa shape index (κ2) is 7.04. The predicted molar refractivity (Wildman–Crippen MR) is 81.6 cm³/mol. The highest BCUT2D eigenvalue weighted by Gasteiger charge is 2.27. The number of carbonyl (C=O) groups is 1. The van der Waals surface area contributed by atoms with Gasteiger partial charge in [-0.1, -0.05) is 0 Å². The first kappa shape index (κ1) is 18.3. The molecule has 21 heavy (non-hydrogen) atoms. The minimum absolute atomic E-state index is 0.0709. The smallest absolute Gasteiger partial charge is 0.239 e. The van der Waals surface area contributed by atoms with Crippen molar-refractivity contribution in [2.45, 2.75) is 31.9 Å². The van der Waals surface area contributed by atoms with E-state index in [9.17, 15) is 18.3 Å². The summed E-state index contributed by atoms with van der Waals surface area (Å²) in [5.74, 6) is -0.264. The Labute approximate surface area is 127 Å². The van der Waals surface area contributed by atoms with Gasteiger partial charge >= 0.3 is 0 Å². The number of amides is 1. The number of hydrogen-bond donors (Lipinski definition) is 2. The van der Waals surface area contributed by atoms with Gasteiger partial charge in [0.1, 0.15) is 9.84 Å². The topological polar surface area (TPSA) is 104 Å². The summed E-state index contributed by atoms with van der Waals surface area (Å²) in [6.07, 6.45) is 1.29. The number of hydrogen-bond acceptors (Lipinski definition) is 6. The second-order valence-electron chi connectivity index (χ2n) is 6.44. The molecule has 1 fully saturated rings. The van der Waals surface area contributed by atoms with Crippen LogP contribution in [0.15, 0.2) is 0 Å². The molecule has 124 valence electrons. The monoisotopic (exact) mass is 321 g/mol. The number of rotatable bonds is 6. The molecule has 0 saturated carbocycles. The molecule has 1 atom stereocenters. The summed E-state index contributed by atoms with van der Waals surface area (Å²) < 4.78 is 22.2. The fourth-order valence-electron chi connectivity index (χ4n) is 2.37. The van der Waals surface area contributed by atoms with Crippen LogP contribution in [-0.4, -0.2) is 85.6 Å². The normalized spacial score (nSPS) is 19.6. The fraction of sp³-hybridized carbons (Fsp3) is 0.923. The Kier molecular flexibility index (Phi) is 6.15. The van der Waals surface area contributed by atoms with E-state index in [0.717, 1.165) is 6.26 Å². The lowest BCUT2D eigenvalue weighted by molar-refractivity contribution is -0.134. The molecule has 1 unspecified atom stereocenters. The number of aliphatic hydroxyl groups is 1. The van der Waals surface area contributed by atoms with Gasteiger partial charge < -0.3 is 15.7 Å². The van der Waals surface area contributed by atoms with Gasteiger partial charge in [0.25, 0.3) is 0 Å². The van der Waals surface area contributed by atoms with E-state index in [4.69, 9.17) is 5.73 Å². The van der Waals surface area contributed by atoms with Crippen molar-refractivity contribution in [3.63, 3.8) is 0 Å². The minimum atomic E-state index is -3.10. The van der Waals surface area contributed by atoms with E-state index in [1.807, 2.05) is 0 Å². The van der Waals surface area contributed by atoms with Crippen molar-refractivity contribution in [2.75, 3.05) is 44.7 Å². The largest absolute Gasteiger partial charge is 0.389 e. The molecule has 3 N–H and O–H groups in total. The van der Waals surface area contributed by atoms with Crippen LogP contribution in [0.5, 0.6) is 0 Å². The van der Waals surface area contributed by atoms with Crippen molar-refractivity contribution < 1.29 is 18.3 Å². The predicted octanol–water partition coefficient (Wildman–Crippen LogP) is -1.34. The summed E-state index contributed by atoms with van der Waals surface area (Å²) >= 11 is 0. The lowest BCUT2D eigenvalue weighted by atomic mass is 10.1. The van der Waals surface area contributed by atoms with Crippen LogP contribution in [0, 0.1) is 0 Å². The molecule has 0 spiro atoms. The van der Waals surface area contributed by atoms with Crippen molar-refractivity contribution >= 4 is 15.7 Å². The Morgan fingerprint density at radius 3 is 2.24 bits per heavy atom. The van der Waals surface area contributed by atoms with Crippen molar-refractivity contribution in [1.29, 1.82) is 0 Å². The summed E-state index contributed by atoms with van der Waals surface area (Å²) in [6, 6.07) is -0.763. The summed E-state index contributed by atoms with van der Waals surface area (Å²) in [4.78, 5) is 15.9. The molecule has 1 aliphatic heterocycles. The zero-order valence-electron chi connectivity index (χ0n) is 13.1. The first-order valence-corrected chi connectivity index (χ1v) is 9.21. The van der Waals surface area contributed by atoms with Gasteiger partial charge in [0.15, 0.2) is 0 Å². The third-order valence-electron chi connectivity index (χ3n) is 3.41. The van der Waals surface area contributed by atoms with Crippen LogP contribution in [0.1, 0.15) is 20.3 Å². The Hall–Kier alpha value is -0.700. The lowest BCUT2D eigenvalue weighted by Gasteiger charge is -2.38. The van der Waals surface area contributed by atoms with Crippen molar-refractivity contribution in [3.05, 3.63) is 0 Å². The molecular weight excluding hydrogens is 294 g/mol. The molecule has 1 rings (SSSR count). The van der Waals surface area contributed by atoms with Gasteiger partial charge in [-0.2, -0.15) is 0 Å². The molecule has 0 radical (unpaired) electrons. The molecule has 1 aliphatic rings. The average Bonchev–Trinajstić information content (AvgIpc) is 2.33. The van der Waals surface area contributed by atoms with Crippen molar-refractivity contribution in [3.8, 4) is 0 Å². The van der Waals surface area contributed by atoms with Gasteiger partial charge in [0.2, 0.25) is 5.91 Å². The first-order valence-electron chi connectivity index (χ1n) is 7.15. The van der Waals surface area contributed by atoms with E-state index in [2.05, 4.69) is 4.90 Å². The molecule has 0 bridgehead atoms. The maximum absolute atomic E-state index is 12.1. The summed E-state index contributed by atoms with van der Waals surface area (Å²) in [7, 11) is -3.10. The average molecular weight is 321 g/mol. The van der Waals surface area contributed by atoms with E-state index in [0.29, 0.717) is 32.7 Å². The van der Waals surface area contributed by atoms with Crippen LogP contribution in [-0.2, 0) is 14.6 Å². The van der Waals surface area contributed by atoms with Gasteiger partial charge in [-0.15, -0.1) is 0 Å². The van der Waals surface area contributed by atoms with E-state index in [1.165, 1.54) is 0 Å². The van der Waals surface area contributed by atoms with Crippen LogP contribution in [0.3, 0.4) is 0 Å². The molecule has 1 amide bonds. The molecule has 0 aromatic carbocycles. The second-order valence-corrected chi connectivity index (χ2v) is 8.70. The van der Waals surface area contributed by atoms with Crippen molar-refractivity contribution in [1.82, 2.24) is 9.80 Å². The van der Waals surface area contributed by atoms with Crippen LogP contribution in [0.25, 0.3) is 0 Å². The molecule has 0 aromatic rings. The van der Waals surface area contributed by atoms with Gasteiger partial charge in [0.05, 0.1) is 17.4 Å². The minimum Gasteiger partial charge on any atom is -0.389 e. The zero-order chi connectivity index (χ0) is 16.3. The number of β-amino-alcohol motifs (C(OH)–C–C–N with tert-alkyl or cyclic N) is 1. The van der Waals surface area contributed by atoms with E-state index in [-0.39, 0.29) is 18.1 Å². The summed E-state index contributed by atoms with van der Waals surface area (Å²) in [5.41, 5.74) is 5.03. The lowest BCUT2D eigenvalue weighted by Crippen LogP contribution is -2.55. The van der Waals surface area contributed by atoms with Crippen LogP contribution in [0.4, 0.5) is 0 Å². The van der Waals surface area contributed by atoms with Crippen LogP contribution < -0.4 is 5.73 Å². The fourth-order valence-corrected chi connectivity index (χ4v) is 3.05. The standard InChI is InChI=1S/C13H27N3O4S/c1-13(2,18)10-15-5-7-16(8-6-15)12(17)11(14)4-9-21(3,19)20/h11,18H,4-10,14H2,1-3H3. The quantitative estimate of drug-likeness (QED) is 0.628. The zero-order valence-corrected chi connectivity index (χ0v) is 13.9. The van der Waals surface area contributed by atoms with Gasteiger partial charge in [-0.3, -0.25) is 9.69 Å². The third kappa shape index (κ3) is 7.21. The van der Waals surface area contributed by atoms with Crippen LogP contribution >= 0.6 is 0 Å². The highest BCUT2D eigenvalue weighted by Crippen LogP contribution is 2.10. The summed E-state index contributed by atoms with van der Waals surface area (Å²) in [5, 5.41) is 9.78. The molecule has 7 nitrogen and oxygen atoms in total. The number of piperazine rings is 1. The van der Waals surface area contributed by atoms with Gasteiger partial charge in [-0.05, 0) is 20.3 Å². The molecular formula is C13H27N3O4S. The molecule has 1 heterocycles. The maximum Gasteiger partial charge on any atom is 0.239 e. The van der Waals surface area contributed by atoms with E-state index in [1.54, 1.807) is 18.7 Å². The van der Waals surface area contributed by atoms with Gasteiger partial charge in [-0.25, -0.2) is 8.42 Å². The van der Waals surface area contributed by atoms with E-state index >= 15 is 0 Å². The van der Waals surface area contributed by atoms with Crippen molar-refractivity contribution in [2.24, 2.45) is 5.73 Å². The SMILES string of the molecule is CC(C)(O)CN1CCN(C(=O)C(N)CCS(C)(=O)=O)CC1. The van der Waals surface area contributed by atoms with Crippen LogP contribution in [0.2, 0.25) is 0 Å². The first-order chi connectivity index (χ1) is 9.48. The molecule has 8 heteroatoms. The highest BCUT2D eigenvalue weighted by atomic mass is 32.2. The number of nitrogens with zero attached hydrogens (tertiary/aromatic N) is 2.